The molecule has 126 valence electrons. The van der Waals surface area contributed by atoms with Crippen molar-refractivity contribution in [1.82, 2.24) is 10.6 Å². The topological polar surface area (TPSA) is 84.5 Å². The Morgan fingerprint density at radius 3 is 2.67 bits per heavy atom. The molecule has 2 rings (SSSR count). The van der Waals surface area contributed by atoms with Crippen molar-refractivity contribution in [3.05, 3.63) is 42.0 Å². The molecule has 2 amide bonds. The average Bonchev–Trinajstić information content (AvgIpc) is 2.59. The van der Waals surface area contributed by atoms with E-state index in [1.165, 1.54) is 0 Å². The molecule has 0 radical (unpaired) electrons. The van der Waals surface area contributed by atoms with Crippen molar-refractivity contribution >= 4 is 28.9 Å². The fourth-order valence-corrected chi connectivity index (χ4v) is 2.34. The van der Waals surface area contributed by atoms with Gasteiger partial charge >= 0.3 is 0 Å². The van der Waals surface area contributed by atoms with E-state index in [2.05, 4.69) is 10.6 Å². The van der Waals surface area contributed by atoms with Gasteiger partial charge in [-0.05, 0) is 30.7 Å². The van der Waals surface area contributed by atoms with Gasteiger partial charge in [-0.2, -0.15) is 0 Å². The Balaban J connectivity index is 2.04. The van der Waals surface area contributed by atoms with E-state index < -0.39 is 11.9 Å². The molecule has 0 aliphatic carbocycles. The van der Waals surface area contributed by atoms with Crippen molar-refractivity contribution in [3.8, 4) is 5.75 Å². The highest BCUT2D eigenvalue weighted by molar-refractivity contribution is 6.00. The van der Waals surface area contributed by atoms with Crippen LogP contribution in [0.25, 0.3) is 10.8 Å². The number of benzene rings is 2. The van der Waals surface area contributed by atoms with Gasteiger partial charge in [0.1, 0.15) is 11.8 Å². The van der Waals surface area contributed by atoms with Gasteiger partial charge in [-0.1, -0.05) is 30.3 Å². The van der Waals surface area contributed by atoms with Crippen molar-refractivity contribution in [2.75, 3.05) is 13.2 Å². The van der Waals surface area contributed by atoms with Crippen LogP contribution in [0, 0.1) is 0 Å². The van der Waals surface area contributed by atoms with Gasteiger partial charge in [0.25, 0.3) is 5.91 Å². The van der Waals surface area contributed by atoms with Crippen LogP contribution < -0.4 is 15.4 Å². The van der Waals surface area contributed by atoms with Gasteiger partial charge in [-0.25, -0.2) is 0 Å². The lowest BCUT2D eigenvalue weighted by molar-refractivity contribution is -0.129. The Morgan fingerprint density at radius 2 is 1.96 bits per heavy atom. The smallest absolute Gasteiger partial charge is 0.258 e. The van der Waals surface area contributed by atoms with E-state index in [4.69, 9.17) is 4.74 Å². The van der Waals surface area contributed by atoms with Crippen molar-refractivity contribution in [2.45, 2.75) is 19.9 Å². The Hall–Kier alpha value is -2.89. The third kappa shape index (κ3) is 4.10. The van der Waals surface area contributed by atoms with Crippen LogP contribution in [0.1, 0.15) is 24.2 Å². The van der Waals surface area contributed by atoms with Crippen LogP contribution in [0.15, 0.2) is 36.4 Å². The fourth-order valence-electron chi connectivity index (χ4n) is 2.34. The minimum atomic E-state index is -0.650. The van der Waals surface area contributed by atoms with Crippen LogP contribution >= 0.6 is 0 Å². The van der Waals surface area contributed by atoms with Gasteiger partial charge in [0.05, 0.1) is 5.56 Å². The van der Waals surface area contributed by atoms with E-state index in [1.54, 1.807) is 19.9 Å². The molecule has 1 atom stereocenters. The highest BCUT2D eigenvalue weighted by Crippen LogP contribution is 2.26. The van der Waals surface area contributed by atoms with Gasteiger partial charge in [0.15, 0.2) is 12.9 Å². The Kier molecular flexibility index (Phi) is 5.89. The molecule has 0 unspecified atom stereocenters. The molecule has 2 aromatic carbocycles. The van der Waals surface area contributed by atoms with Gasteiger partial charge in [0, 0.05) is 6.54 Å². The lowest BCUT2D eigenvalue weighted by atomic mass is 10.0. The van der Waals surface area contributed by atoms with Crippen molar-refractivity contribution in [3.63, 3.8) is 0 Å². The van der Waals surface area contributed by atoms with Crippen LogP contribution in [-0.2, 0) is 9.59 Å². The second-order valence-electron chi connectivity index (χ2n) is 5.29. The largest absolute Gasteiger partial charge is 0.483 e. The highest BCUT2D eigenvalue weighted by atomic mass is 16.5. The fraction of sp³-hybridized carbons (Fsp3) is 0.278. The first-order valence-corrected chi connectivity index (χ1v) is 7.73. The molecule has 24 heavy (non-hydrogen) atoms. The molecule has 2 aromatic rings. The zero-order chi connectivity index (χ0) is 17.5. The lowest BCUT2D eigenvalue weighted by Crippen LogP contribution is -2.46. The Labute approximate surface area is 140 Å². The quantitative estimate of drug-likeness (QED) is 0.757. The highest BCUT2D eigenvalue weighted by Gasteiger charge is 2.16. The summed E-state index contributed by atoms with van der Waals surface area (Å²) in [6, 6.07) is 10.3. The van der Waals surface area contributed by atoms with Crippen molar-refractivity contribution < 1.29 is 19.1 Å². The number of nitrogens with one attached hydrogen (secondary N) is 2. The average molecular weight is 328 g/mol. The second kappa shape index (κ2) is 8.10. The molecule has 0 saturated heterocycles. The molecule has 0 saturated carbocycles. The first kappa shape index (κ1) is 17.5. The van der Waals surface area contributed by atoms with E-state index >= 15 is 0 Å². The van der Waals surface area contributed by atoms with Crippen LogP contribution in [-0.4, -0.2) is 37.3 Å². The number of fused-ring (bicyclic) bond motifs is 1. The molecule has 0 spiro atoms. The summed E-state index contributed by atoms with van der Waals surface area (Å²) >= 11 is 0. The summed E-state index contributed by atoms with van der Waals surface area (Å²) in [7, 11) is 0. The summed E-state index contributed by atoms with van der Waals surface area (Å²) in [5.74, 6) is -0.353. The Morgan fingerprint density at radius 1 is 1.21 bits per heavy atom. The van der Waals surface area contributed by atoms with Gasteiger partial charge in [-0.15, -0.1) is 0 Å². The normalized spacial score (nSPS) is 11.6. The molecule has 2 N–H and O–H groups in total. The Bertz CT molecular complexity index is 758. The number of carbonyl (C=O) groups is 3. The molecule has 6 heteroatoms. The maximum Gasteiger partial charge on any atom is 0.258 e. The van der Waals surface area contributed by atoms with Crippen LogP contribution in [0.3, 0.4) is 0 Å². The summed E-state index contributed by atoms with van der Waals surface area (Å²) in [5.41, 5.74) is 0.401. The summed E-state index contributed by atoms with van der Waals surface area (Å²) in [6.45, 7) is 3.62. The summed E-state index contributed by atoms with van der Waals surface area (Å²) in [5, 5.41) is 6.85. The molecule has 6 nitrogen and oxygen atoms in total. The molecule has 0 bridgehead atoms. The zero-order valence-corrected chi connectivity index (χ0v) is 13.7. The van der Waals surface area contributed by atoms with E-state index in [9.17, 15) is 14.4 Å². The predicted molar refractivity (Wildman–Crippen MR) is 91.1 cm³/mol. The zero-order valence-electron chi connectivity index (χ0n) is 13.7. The molecule has 0 heterocycles. The van der Waals surface area contributed by atoms with Gasteiger partial charge in [0.2, 0.25) is 5.91 Å². The van der Waals surface area contributed by atoms with E-state index in [1.807, 2.05) is 30.3 Å². The summed E-state index contributed by atoms with van der Waals surface area (Å²) in [6.07, 6.45) is 0.715. The molecular formula is C18H20N2O4. The maximum atomic E-state index is 11.9. The minimum Gasteiger partial charge on any atom is -0.483 e. The molecule has 0 aromatic heterocycles. The number of hydrogen-bond donors (Lipinski definition) is 2. The van der Waals surface area contributed by atoms with Crippen molar-refractivity contribution in [1.29, 1.82) is 0 Å². The van der Waals surface area contributed by atoms with Crippen LogP contribution in [0.2, 0.25) is 0 Å². The van der Waals surface area contributed by atoms with Crippen LogP contribution in [0.5, 0.6) is 5.75 Å². The number of likely N-dealkylation sites (N-methyl/N-ethyl adjacent to an activating group) is 1. The third-order valence-corrected chi connectivity index (χ3v) is 3.53. The van der Waals surface area contributed by atoms with Gasteiger partial charge < -0.3 is 15.4 Å². The van der Waals surface area contributed by atoms with Crippen LogP contribution in [0.4, 0.5) is 0 Å². The third-order valence-electron chi connectivity index (χ3n) is 3.53. The molecule has 0 fully saturated rings. The second-order valence-corrected chi connectivity index (χ2v) is 5.29. The summed E-state index contributed by atoms with van der Waals surface area (Å²) < 4.78 is 5.46. The van der Waals surface area contributed by atoms with E-state index in [-0.39, 0.29) is 12.5 Å². The van der Waals surface area contributed by atoms with Gasteiger partial charge in [-0.3, -0.25) is 14.4 Å². The number of rotatable bonds is 7. The van der Waals surface area contributed by atoms with E-state index in [0.29, 0.717) is 24.1 Å². The number of hydrogen-bond acceptors (Lipinski definition) is 4. The number of ether oxygens (including phenoxy) is 1. The molecule has 0 aliphatic heterocycles. The molecule has 0 aliphatic rings. The van der Waals surface area contributed by atoms with E-state index in [0.717, 1.165) is 10.8 Å². The first-order valence-electron chi connectivity index (χ1n) is 7.73. The predicted octanol–water partition coefficient (Wildman–Crippen LogP) is 1.67. The number of amides is 2. The van der Waals surface area contributed by atoms with Crippen molar-refractivity contribution in [2.24, 2.45) is 0 Å². The SMILES string of the molecule is CCNC(=O)[C@@H](C)NC(=O)COc1ccc2ccccc2c1C=O. The lowest BCUT2D eigenvalue weighted by Gasteiger charge is -2.14. The standard InChI is InChI=1S/C18H20N2O4/c1-3-19-18(23)12(2)20-17(22)11-24-16-9-8-13-6-4-5-7-14(13)15(16)10-21/h4-10,12H,3,11H2,1-2H3,(H,19,23)(H,20,22)/t12-/m1/s1. The summed E-state index contributed by atoms with van der Waals surface area (Å²) in [4.78, 5) is 34.9. The first-order chi connectivity index (χ1) is 11.6. The maximum absolute atomic E-state index is 11.9. The number of aldehydes is 1. The number of carbonyl (C=O) groups excluding carboxylic acids is 3. The molecular weight excluding hydrogens is 308 g/mol. The minimum absolute atomic E-state index is 0.259. The monoisotopic (exact) mass is 328 g/mol.